The first-order valence-corrected chi connectivity index (χ1v) is 8.26. The third kappa shape index (κ3) is 3.96. The zero-order valence-electron chi connectivity index (χ0n) is 13.0. The van der Waals surface area contributed by atoms with Gasteiger partial charge in [-0.15, -0.1) is 17.9 Å². The number of hydrogen-bond donors (Lipinski definition) is 2. The molecule has 0 amide bonds. The van der Waals surface area contributed by atoms with Crippen LogP contribution in [0.4, 0.5) is 0 Å². The molecule has 23 heavy (non-hydrogen) atoms. The van der Waals surface area contributed by atoms with Crippen LogP contribution in [0.15, 0.2) is 18.0 Å². The topological polar surface area (TPSA) is 78.9 Å². The summed E-state index contributed by atoms with van der Waals surface area (Å²) in [6.07, 6.45) is 2.79. The molecule has 8 heteroatoms. The second-order valence-electron chi connectivity index (χ2n) is 5.28. The van der Waals surface area contributed by atoms with Crippen LogP contribution >= 0.6 is 11.3 Å². The van der Waals surface area contributed by atoms with Gasteiger partial charge in [0.05, 0.1) is 24.9 Å². The van der Waals surface area contributed by atoms with Crippen LogP contribution in [-0.2, 0) is 20.8 Å². The van der Waals surface area contributed by atoms with Crippen molar-refractivity contribution in [3.8, 4) is 0 Å². The van der Waals surface area contributed by atoms with Crippen LogP contribution in [0.5, 0.6) is 0 Å². The predicted octanol–water partition coefficient (Wildman–Crippen LogP) is 0.786. The number of hydrogen-bond acceptors (Lipinski definition) is 7. The predicted molar refractivity (Wildman–Crippen MR) is 89.8 cm³/mol. The fourth-order valence-corrected chi connectivity index (χ4v) is 4.01. The monoisotopic (exact) mass is 335 g/mol. The molecule has 1 aromatic heterocycles. The van der Waals surface area contributed by atoms with E-state index in [1.807, 2.05) is 5.38 Å². The molecule has 0 saturated carbocycles. The number of carbonyl (C=O) groups is 2. The summed E-state index contributed by atoms with van der Waals surface area (Å²) >= 11 is 1.54. The molecule has 0 fully saturated rings. The number of nitrogens with zero attached hydrogens (tertiary/aromatic N) is 1. The lowest BCUT2D eigenvalue weighted by Gasteiger charge is -2.38. The fraction of sp³-hybridized carbons (Fsp3) is 0.467. The van der Waals surface area contributed by atoms with Gasteiger partial charge < -0.3 is 14.7 Å². The number of fused-ring (bicyclic) bond motifs is 1. The molecule has 0 saturated heterocycles. The highest BCUT2D eigenvalue weighted by Crippen LogP contribution is 2.41. The first kappa shape index (κ1) is 18.0. The maximum absolute atomic E-state index is 12.2. The van der Waals surface area contributed by atoms with Gasteiger partial charge in [-0.05, 0) is 29.9 Å². The quantitative estimate of drug-likeness (QED) is 0.228. The average molecular weight is 335 g/mol. The van der Waals surface area contributed by atoms with Crippen molar-refractivity contribution >= 4 is 30.7 Å². The Balaban J connectivity index is 2.39. The van der Waals surface area contributed by atoms with Gasteiger partial charge in [0.25, 0.3) is 7.41 Å². The molecule has 1 aliphatic rings. The Morgan fingerprint density at radius 2 is 2.48 bits per heavy atom. The summed E-state index contributed by atoms with van der Waals surface area (Å²) in [5.74, 6) is -0.0348. The van der Waals surface area contributed by atoms with E-state index in [0.717, 1.165) is 16.0 Å². The van der Waals surface area contributed by atoms with Gasteiger partial charge in [-0.3, -0.25) is 9.63 Å². The molecule has 2 heterocycles. The normalized spacial score (nSPS) is 20.8. The number of thiophene rings is 1. The molecule has 0 bridgehead atoms. The number of aliphatic hydroxyl groups is 1. The van der Waals surface area contributed by atoms with Crippen LogP contribution in [0, 0.1) is 0 Å². The van der Waals surface area contributed by atoms with Gasteiger partial charge in [-0.25, -0.2) is 0 Å². The third-order valence-corrected chi connectivity index (χ3v) is 4.86. The Kier molecular flexibility index (Phi) is 6.67. The molecule has 2 unspecified atom stereocenters. The second-order valence-corrected chi connectivity index (χ2v) is 6.19. The second kappa shape index (κ2) is 8.51. The van der Waals surface area contributed by atoms with Gasteiger partial charge >= 0.3 is 0 Å². The van der Waals surface area contributed by atoms with Crippen molar-refractivity contribution in [2.24, 2.45) is 0 Å². The van der Waals surface area contributed by atoms with Crippen molar-refractivity contribution in [3.63, 3.8) is 0 Å². The van der Waals surface area contributed by atoms with Gasteiger partial charge in [0, 0.05) is 18.0 Å². The maximum atomic E-state index is 12.2. The van der Waals surface area contributed by atoms with E-state index >= 15 is 0 Å². The third-order valence-electron chi connectivity index (χ3n) is 3.70. The highest BCUT2D eigenvalue weighted by molar-refractivity contribution is 7.10. The molecule has 0 aliphatic carbocycles. The Morgan fingerprint density at radius 3 is 3.09 bits per heavy atom. The zero-order valence-corrected chi connectivity index (χ0v) is 13.8. The van der Waals surface area contributed by atoms with Crippen molar-refractivity contribution in [2.75, 3.05) is 19.8 Å². The maximum Gasteiger partial charge on any atom is 0.294 e. The Hall–Kier alpha value is -1.32. The Bertz CT molecular complexity index is 578. The van der Waals surface area contributed by atoms with E-state index < -0.39 is 6.04 Å². The van der Waals surface area contributed by atoms with Crippen LogP contribution in [0.1, 0.15) is 35.0 Å². The summed E-state index contributed by atoms with van der Waals surface area (Å²) in [6, 6.07) is -0.658. The van der Waals surface area contributed by atoms with Gasteiger partial charge in [-0.1, -0.05) is 6.08 Å². The van der Waals surface area contributed by atoms with E-state index in [1.54, 1.807) is 10.9 Å². The number of rotatable bonds is 9. The molecule has 2 atom stereocenters. The highest BCUT2D eigenvalue weighted by Gasteiger charge is 2.38. The van der Waals surface area contributed by atoms with Crippen LogP contribution < -0.4 is 5.48 Å². The summed E-state index contributed by atoms with van der Waals surface area (Å²) in [6.45, 7) is 5.93. The lowest BCUT2D eigenvalue weighted by atomic mass is 9.81. The molecule has 0 spiro atoms. The summed E-state index contributed by atoms with van der Waals surface area (Å²) in [4.78, 5) is 31.2. The first-order chi connectivity index (χ1) is 11.1. The minimum Gasteiger partial charge on any atom is -0.396 e. The Labute approximate surface area is 140 Å². The SMILES string of the molecule is C=CCONC1CN([B]C=O)C(C(C)=O)c2c(CCO)csc21. The number of ketones is 1. The van der Waals surface area contributed by atoms with E-state index in [4.69, 9.17) is 4.84 Å². The van der Waals surface area contributed by atoms with Crippen molar-refractivity contribution in [1.29, 1.82) is 0 Å². The van der Waals surface area contributed by atoms with E-state index in [0.29, 0.717) is 25.8 Å². The number of hydroxylamine groups is 1. The van der Waals surface area contributed by atoms with Gasteiger partial charge in [0.15, 0.2) is 0 Å². The molecular weight excluding hydrogens is 315 g/mol. The van der Waals surface area contributed by atoms with Crippen LogP contribution in [0.25, 0.3) is 0 Å². The van der Waals surface area contributed by atoms with Crippen molar-refractivity contribution in [2.45, 2.75) is 25.4 Å². The minimum atomic E-state index is -0.500. The van der Waals surface area contributed by atoms with Gasteiger partial charge in [0.1, 0.15) is 5.78 Å². The van der Waals surface area contributed by atoms with E-state index in [2.05, 4.69) is 12.1 Å². The minimum absolute atomic E-state index is 0.0102. The average Bonchev–Trinajstić information content (AvgIpc) is 2.92. The molecular formula is C15H20BN2O4S. The lowest BCUT2D eigenvalue weighted by Crippen LogP contribution is -2.46. The smallest absolute Gasteiger partial charge is 0.294 e. The summed E-state index contributed by atoms with van der Waals surface area (Å²) in [7, 11) is 1.39. The largest absolute Gasteiger partial charge is 0.396 e. The fourth-order valence-electron chi connectivity index (χ4n) is 2.84. The molecule has 1 aliphatic heterocycles. The van der Waals surface area contributed by atoms with Crippen LogP contribution in [0.3, 0.4) is 0 Å². The van der Waals surface area contributed by atoms with E-state index in [-0.39, 0.29) is 18.4 Å². The first-order valence-electron chi connectivity index (χ1n) is 7.38. The summed E-state index contributed by atoms with van der Waals surface area (Å²) in [5.41, 5.74) is 4.78. The molecule has 6 nitrogen and oxygen atoms in total. The standard InChI is InChI=1S/C15H20BN2O4S/c1-3-6-22-17-12-7-18(16-9-20)14(10(2)21)13-11(4-5-19)8-23-15(12)13/h3,8-9,12,14,17,19H,1,4-7H2,2H3. The van der Waals surface area contributed by atoms with Crippen molar-refractivity contribution in [3.05, 3.63) is 34.0 Å². The van der Waals surface area contributed by atoms with Crippen LogP contribution in [0.2, 0.25) is 0 Å². The molecule has 1 aromatic rings. The Morgan fingerprint density at radius 1 is 1.70 bits per heavy atom. The van der Waals surface area contributed by atoms with E-state index in [1.165, 1.54) is 25.7 Å². The van der Waals surface area contributed by atoms with Crippen LogP contribution in [-0.4, -0.2) is 49.1 Å². The van der Waals surface area contributed by atoms with Gasteiger partial charge in [0.2, 0.25) is 0 Å². The molecule has 123 valence electrons. The summed E-state index contributed by atoms with van der Waals surface area (Å²) < 4.78 is 0. The number of Topliss-reactive ketones (excluding diaryl/α,β-unsaturated/α-hetero) is 1. The number of nitrogens with one attached hydrogen (secondary N) is 1. The van der Waals surface area contributed by atoms with Crippen molar-refractivity contribution in [1.82, 2.24) is 10.3 Å². The number of carbonyl (C=O) groups excluding carboxylic acids is 2. The molecule has 2 N–H and O–H groups in total. The van der Waals surface area contributed by atoms with E-state index in [9.17, 15) is 14.7 Å². The summed E-state index contributed by atoms with van der Waals surface area (Å²) in [5, 5.41) is 11.2. The number of aliphatic hydroxyl groups excluding tert-OH is 1. The molecule has 2 rings (SSSR count). The van der Waals surface area contributed by atoms with Crippen molar-refractivity contribution < 1.29 is 19.5 Å². The zero-order chi connectivity index (χ0) is 16.8. The highest BCUT2D eigenvalue weighted by atomic mass is 32.1. The molecule has 0 aromatic carbocycles. The van der Waals surface area contributed by atoms with Gasteiger partial charge in [-0.2, -0.15) is 5.48 Å². The lowest BCUT2D eigenvalue weighted by molar-refractivity contribution is -0.121. The molecule has 1 radical (unpaired) electrons.